The number of hydrogen-bond donors (Lipinski definition) is 3. The second kappa shape index (κ2) is 3.59. The summed E-state index contributed by atoms with van der Waals surface area (Å²) in [5.74, 6) is 0.317. The molecular formula is C12H16N2O. The van der Waals surface area contributed by atoms with E-state index in [2.05, 4.69) is 4.98 Å². The van der Waals surface area contributed by atoms with Gasteiger partial charge in [-0.1, -0.05) is 0 Å². The van der Waals surface area contributed by atoms with Crippen molar-refractivity contribution < 1.29 is 5.11 Å². The third kappa shape index (κ3) is 1.59. The van der Waals surface area contributed by atoms with Gasteiger partial charge in [0.05, 0.1) is 0 Å². The summed E-state index contributed by atoms with van der Waals surface area (Å²) in [6.45, 7) is 4.66. The fourth-order valence-corrected chi connectivity index (χ4v) is 2.10. The summed E-state index contributed by atoms with van der Waals surface area (Å²) < 4.78 is 0. The molecule has 1 heterocycles. The molecule has 3 nitrogen and oxygen atoms in total. The Morgan fingerprint density at radius 2 is 2.07 bits per heavy atom. The zero-order valence-electron chi connectivity index (χ0n) is 9.09. The molecule has 1 aromatic heterocycles. The highest BCUT2D eigenvalue weighted by Crippen LogP contribution is 2.28. The maximum Gasteiger partial charge on any atom is 0.116 e. The molecule has 3 heteroatoms. The second-order valence-corrected chi connectivity index (χ2v) is 3.95. The molecule has 0 unspecified atom stereocenters. The third-order valence-electron chi connectivity index (χ3n) is 2.80. The van der Waals surface area contributed by atoms with Crippen LogP contribution in [0.3, 0.4) is 0 Å². The number of phenols is 1. The molecule has 1 aromatic carbocycles. The first kappa shape index (κ1) is 10.1. The Bertz CT molecular complexity index is 500. The first-order valence-electron chi connectivity index (χ1n) is 5.14. The number of nitrogens with two attached hydrogens (primary N) is 1. The molecule has 2 aromatic rings. The van der Waals surface area contributed by atoms with Gasteiger partial charge in [-0.2, -0.15) is 0 Å². The number of aromatic hydroxyl groups is 1. The average molecular weight is 204 g/mol. The number of phenolic OH excluding ortho intramolecular Hbond substituents is 1. The topological polar surface area (TPSA) is 62.0 Å². The van der Waals surface area contributed by atoms with Gasteiger partial charge in [0.2, 0.25) is 0 Å². The third-order valence-corrected chi connectivity index (χ3v) is 2.80. The molecule has 0 amide bonds. The highest BCUT2D eigenvalue weighted by Gasteiger charge is 2.10. The molecule has 0 aliphatic carbocycles. The van der Waals surface area contributed by atoms with E-state index in [0.717, 1.165) is 28.6 Å². The Labute approximate surface area is 88.9 Å². The number of rotatable bonds is 2. The summed E-state index contributed by atoms with van der Waals surface area (Å²) in [6.07, 6.45) is 0.842. The molecule has 0 saturated carbocycles. The highest BCUT2D eigenvalue weighted by molar-refractivity contribution is 5.88. The number of fused-ring (bicyclic) bond motifs is 1. The van der Waals surface area contributed by atoms with E-state index < -0.39 is 0 Å². The molecule has 0 atom stereocenters. The van der Waals surface area contributed by atoms with Crippen LogP contribution < -0.4 is 5.73 Å². The van der Waals surface area contributed by atoms with Crippen molar-refractivity contribution in [1.82, 2.24) is 4.98 Å². The Kier molecular flexibility index (Phi) is 2.40. The predicted molar refractivity (Wildman–Crippen MR) is 62.2 cm³/mol. The van der Waals surface area contributed by atoms with E-state index >= 15 is 0 Å². The molecule has 0 aliphatic rings. The Balaban J connectivity index is 2.74. The molecule has 80 valence electrons. The minimum atomic E-state index is 0.317. The summed E-state index contributed by atoms with van der Waals surface area (Å²) >= 11 is 0. The Morgan fingerprint density at radius 1 is 1.33 bits per heavy atom. The second-order valence-electron chi connectivity index (χ2n) is 3.95. The van der Waals surface area contributed by atoms with Crippen LogP contribution in [0.1, 0.15) is 16.8 Å². The lowest BCUT2D eigenvalue weighted by atomic mass is 10.1. The van der Waals surface area contributed by atoms with Crippen molar-refractivity contribution in [3.05, 3.63) is 29.0 Å². The lowest BCUT2D eigenvalue weighted by Gasteiger charge is -2.00. The first-order chi connectivity index (χ1) is 7.13. The van der Waals surface area contributed by atoms with Gasteiger partial charge in [0.15, 0.2) is 0 Å². The van der Waals surface area contributed by atoms with Gasteiger partial charge >= 0.3 is 0 Å². The SMILES string of the molecule is Cc1[nH]c2c(C)cc(O)cc2c1CCN. The normalized spacial score (nSPS) is 11.1. The van der Waals surface area contributed by atoms with Gasteiger partial charge in [-0.05, 0) is 50.1 Å². The van der Waals surface area contributed by atoms with Crippen molar-refractivity contribution >= 4 is 10.9 Å². The van der Waals surface area contributed by atoms with Crippen LogP contribution in [0.2, 0.25) is 0 Å². The average Bonchev–Trinajstić information content (AvgIpc) is 2.46. The molecule has 4 N–H and O–H groups in total. The van der Waals surface area contributed by atoms with Gasteiger partial charge < -0.3 is 15.8 Å². The van der Waals surface area contributed by atoms with E-state index in [1.54, 1.807) is 12.1 Å². The van der Waals surface area contributed by atoms with Gasteiger partial charge in [0, 0.05) is 16.6 Å². The molecule has 0 fully saturated rings. The molecule has 2 rings (SSSR count). The van der Waals surface area contributed by atoms with Gasteiger partial charge in [0.1, 0.15) is 5.75 Å². The number of aryl methyl sites for hydroxylation is 2. The zero-order chi connectivity index (χ0) is 11.0. The van der Waals surface area contributed by atoms with Crippen LogP contribution >= 0.6 is 0 Å². The number of nitrogens with one attached hydrogen (secondary N) is 1. The van der Waals surface area contributed by atoms with Crippen LogP contribution in [0.4, 0.5) is 0 Å². The first-order valence-corrected chi connectivity index (χ1v) is 5.14. The van der Waals surface area contributed by atoms with Gasteiger partial charge in [-0.15, -0.1) is 0 Å². The van der Waals surface area contributed by atoms with Crippen LogP contribution in [0.25, 0.3) is 10.9 Å². The van der Waals surface area contributed by atoms with Crippen LogP contribution in [-0.2, 0) is 6.42 Å². The van der Waals surface area contributed by atoms with Crippen molar-refractivity contribution in [2.75, 3.05) is 6.54 Å². The van der Waals surface area contributed by atoms with Crippen LogP contribution in [-0.4, -0.2) is 16.6 Å². The number of benzene rings is 1. The van der Waals surface area contributed by atoms with E-state index in [9.17, 15) is 5.11 Å². The highest BCUT2D eigenvalue weighted by atomic mass is 16.3. The van der Waals surface area contributed by atoms with E-state index in [1.165, 1.54) is 5.56 Å². The predicted octanol–water partition coefficient (Wildman–Crippen LogP) is 1.99. The van der Waals surface area contributed by atoms with Crippen LogP contribution in [0.15, 0.2) is 12.1 Å². The molecule has 0 aliphatic heterocycles. The molecule has 15 heavy (non-hydrogen) atoms. The van der Waals surface area contributed by atoms with Crippen molar-refractivity contribution in [1.29, 1.82) is 0 Å². The number of aromatic nitrogens is 1. The van der Waals surface area contributed by atoms with E-state index in [1.807, 2.05) is 13.8 Å². The molecule has 0 saturated heterocycles. The minimum absolute atomic E-state index is 0.317. The quantitative estimate of drug-likeness (QED) is 0.700. The summed E-state index contributed by atoms with van der Waals surface area (Å²) in [5, 5.41) is 10.7. The van der Waals surface area contributed by atoms with E-state index in [0.29, 0.717) is 12.3 Å². The summed E-state index contributed by atoms with van der Waals surface area (Å²) in [4.78, 5) is 3.34. The molecule has 0 bridgehead atoms. The van der Waals surface area contributed by atoms with Crippen LogP contribution in [0, 0.1) is 13.8 Å². The van der Waals surface area contributed by atoms with E-state index in [-0.39, 0.29) is 0 Å². The van der Waals surface area contributed by atoms with Crippen molar-refractivity contribution in [3.63, 3.8) is 0 Å². The maximum absolute atomic E-state index is 9.57. The maximum atomic E-state index is 9.57. The van der Waals surface area contributed by atoms with Crippen molar-refractivity contribution in [2.24, 2.45) is 5.73 Å². The Morgan fingerprint density at radius 3 is 2.73 bits per heavy atom. The van der Waals surface area contributed by atoms with E-state index in [4.69, 9.17) is 5.73 Å². The zero-order valence-corrected chi connectivity index (χ0v) is 9.09. The molecule has 0 spiro atoms. The van der Waals surface area contributed by atoms with Crippen molar-refractivity contribution in [2.45, 2.75) is 20.3 Å². The fourth-order valence-electron chi connectivity index (χ4n) is 2.10. The van der Waals surface area contributed by atoms with Crippen molar-refractivity contribution in [3.8, 4) is 5.75 Å². The summed E-state index contributed by atoms with van der Waals surface area (Å²) in [7, 11) is 0. The lowest BCUT2D eigenvalue weighted by molar-refractivity contribution is 0.476. The Hall–Kier alpha value is -1.48. The van der Waals surface area contributed by atoms with Gasteiger partial charge in [0.25, 0.3) is 0 Å². The molecular weight excluding hydrogens is 188 g/mol. The van der Waals surface area contributed by atoms with Gasteiger partial charge in [-0.25, -0.2) is 0 Å². The fraction of sp³-hybridized carbons (Fsp3) is 0.333. The number of hydrogen-bond acceptors (Lipinski definition) is 2. The summed E-state index contributed by atoms with van der Waals surface area (Å²) in [5.41, 5.74) is 10.1. The summed E-state index contributed by atoms with van der Waals surface area (Å²) in [6, 6.07) is 3.57. The molecule has 0 radical (unpaired) electrons. The number of H-pyrrole nitrogens is 1. The standard InChI is InChI=1S/C12H16N2O/c1-7-5-9(15)6-11-10(3-4-13)8(2)14-12(7)11/h5-6,14-15H,3-4,13H2,1-2H3. The van der Waals surface area contributed by atoms with Crippen LogP contribution in [0.5, 0.6) is 5.75 Å². The number of aromatic amines is 1. The minimum Gasteiger partial charge on any atom is -0.508 e. The lowest BCUT2D eigenvalue weighted by Crippen LogP contribution is -2.03. The largest absolute Gasteiger partial charge is 0.508 e. The smallest absolute Gasteiger partial charge is 0.116 e. The monoisotopic (exact) mass is 204 g/mol. The van der Waals surface area contributed by atoms with Gasteiger partial charge in [-0.3, -0.25) is 0 Å².